The fourth-order valence-corrected chi connectivity index (χ4v) is 1.49. The Kier molecular flexibility index (Phi) is 4.97. The van der Waals surface area contributed by atoms with Gasteiger partial charge in [-0.3, -0.25) is 4.79 Å². The molecule has 0 aliphatic heterocycles. The molecule has 0 radical (unpaired) electrons. The molecule has 1 aromatic rings. The first-order chi connectivity index (χ1) is 8.04. The highest BCUT2D eigenvalue weighted by Crippen LogP contribution is 2.19. The van der Waals surface area contributed by atoms with Crippen LogP contribution < -0.4 is 15.4 Å². The molecular formula is C13H20N2O2. The Morgan fingerprint density at radius 1 is 1.41 bits per heavy atom. The first-order valence-corrected chi connectivity index (χ1v) is 5.79. The molecule has 4 nitrogen and oxygen atoms in total. The Labute approximate surface area is 102 Å². The number of carbonyl (C=O) groups is 1. The number of hydrogen-bond donors (Lipinski definition) is 1. The van der Waals surface area contributed by atoms with Crippen LogP contribution in [0.3, 0.4) is 0 Å². The number of rotatable bonds is 5. The van der Waals surface area contributed by atoms with Crippen LogP contribution in [0.2, 0.25) is 0 Å². The molecule has 1 atom stereocenters. The second-order valence-corrected chi connectivity index (χ2v) is 4.06. The van der Waals surface area contributed by atoms with E-state index < -0.39 is 0 Å². The van der Waals surface area contributed by atoms with Gasteiger partial charge in [0, 0.05) is 25.2 Å². The first kappa shape index (κ1) is 13.5. The molecule has 0 fully saturated rings. The summed E-state index contributed by atoms with van der Waals surface area (Å²) in [6.45, 7) is 4.40. The minimum absolute atomic E-state index is 0.0177. The maximum absolute atomic E-state index is 11.8. The van der Waals surface area contributed by atoms with Crippen LogP contribution in [0, 0.1) is 0 Å². The van der Waals surface area contributed by atoms with E-state index in [0.717, 1.165) is 11.4 Å². The Morgan fingerprint density at radius 3 is 2.47 bits per heavy atom. The number of benzene rings is 1. The zero-order chi connectivity index (χ0) is 12.8. The number of hydrogen-bond acceptors (Lipinski definition) is 3. The summed E-state index contributed by atoms with van der Waals surface area (Å²) in [6, 6.07) is 7.32. The molecular weight excluding hydrogens is 216 g/mol. The van der Waals surface area contributed by atoms with Crippen LogP contribution in [0.5, 0.6) is 5.75 Å². The van der Waals surface area contributed by atoms with E-state index in [1.165, 1.54) is 0 Å². The SMILES string of the molecule is CCOc1ccc(N(C)C(=O)CC(C)N)cc1. The fraction of sp³-hybridized carbons (Fsp3) is 0.462. The van der Waals surface area contributed by atoms with Gasteiger partial charge in [-0.15, -0.1) is 0 Å². The summed E-state index contributed by atoms with van der Waals surface area (Å²) < 4.78 is 5.34. The normalized spacial score (nSPS) is 12.0. The van der Waals surface area contributed by atoms with Crippen molar-refractivity contribution in [1.82, 2.24) is 0 Å². The molecule has 1 unspecified atom stereocenters. The molecule has 0 heterocycles. The molecule has 0 aromatic heterocycles. The molecule has 1 rings (SSSR count). The van der Waals surface area contributed by atoms with Gasteiger partial charge < -0.3 is 15.4 Å². The smallest absolute Gasteiger partial charge is 0.228 e. The molecule has 0 saturated heterocycles. The van der Waals surface area contributed by atoms with E-state index in [0.29, 0.717) is 13.0 Å². The third-order valence-electron chi connectivity index (χ3n) is 2.41. The van der Waals surface area contributed by atoms with Gasteiger partial charge in [0.1, 0.15) is 5.75 Å². The van der Waals surface area contributed by atoms with E-state index in [2.05, 4.69) is 0 Å². The second-order valence-electron chi connectivity index (χ2n) is 4.06. The highest BCUT2D eigenvalue weighted by molar-refractivity contribution is 5.93. The molecule has 94 valence electrons. The fourth-order valence-electron chi connectivity index (χ4n) is 1.49. The van der Waals surface area contributed by atoms with Gasteiger partial charge in [-0.25, -0.2) is 0 Å². The Morgan fingerprint density at radius 2 is 2.00 bits per heavy atom. The predicted octanol–water partition coefficient (Wildman–Crippen LogP) is 1.79. The Bertz CT molecular complexity index is 360. The average molecular weight is 236 g/mol. The summed E-state index contributed by atoms with van der Waals surface area (Å²) in [6.07, 6.45) is 0.351. The van der Waals surface area contributed by atoms with E-state index >= 15 is 0 Å². The van der Waals surface area contributed by atoms with Crippen LogP contribution in [0.1, 0.15) is 20.3 Å². The Hall–Kier alpha value is -1.55. The lowest BCUT2D eigenvalue weighted by Crippen LogP contribution is -2.31. The van der Waals surface area contributed by atoms with Crippen molar-refractivity contribution in [1.29, 1.82) is 0 Å². The van der Waals surface area contributed by atoms with Gasteiger partial charge >= 0.3 is 0 Å². The monoisotopic (exact) mass is 236 g/mol. The number of nitrogens with zero attached hydrogens (tertiary/aromatic N) is 1. The molecule has 2 N–H and O–H groups in total. The summed E-state index contributed by atoms with van der Waals surface area (Å²) >= 11 is 0. The molecule has 1 amide bonds. The summed E-state index contributed by atoms with van der Waals surface area (Å²) in [5.41, 5.74) is 6.45. The minimum atomic E-state index is -0.118. The number of nitrogens with two attached hydrogens (primary N) is 1. The lowest BCUT2D eigenvalue weighted by Gasteiger charge is -2.18. The highest BCUT2D eigenvalue weighted by Gasteiger charge is 2.12. The van der Waals surface area contributed by atoms with Gasteiger partial charge in [0.2, 0.25) is 5.91 Å². The topological polar surface area (TPSA) is 55.6 Å². The number of amides is 1. The van der Waals surface area contributed by atoms with Gasteiger partial charge in [0.25, 0.3) is 0 Å². The molecule has 4 heteroatoms. The maximum Gasteiger partial charge on any atom is 0.228 e. The van der Waals surface area contributed by atoms with E-state index in [1.54, 1.807) is 11.9 Å². The van der Waals surface area contributed by atoms with Crippen molar-refractivity contribution >= 4 is 11.6 Å². The third kappa shape index (κ3) is 4.07. The van der Waals surface area contributed by atoms with Crippen molar-refractivity contribution in [2.45, 2.75) is 26.3 Å². The second kappa shape index (κ2) is 6.25. The molecule has 1 aromatic carbocycles. The third-order valence-corrected chi connectivity index (χ3v) is 2.41. The zero-order valence-electron chi connectivity index (χ0n) is 10.6. The van der Waals surface area contributed by atoms with Crippen molar-refractivity contribution in [3.05, 3.63) is 24.3 Å². The molecule has 0 aliphatic rings. The van der Waals surface area contributed by atoms with Crippen molar-refractivity contribution < 1.29 is 9.53 Å². The number of anilines is 1. The summed E-state index contributed by atoms with van der Waals surface area (Å²) in [7, 11) is 1.75. The standard InChI is InChI=1S/C13H20N2O2/c1-4-17-12-7-5-11(6-8-12)15(3)13(16)9-10(2)14/h5-8,10H,4,9,14H2,1-3H3. The molecule has 0 spiro atoms. The van der Waals surface area contributed by atoms with Crippen LogP contribution >= 0.6 is 0 Å². The summed E-state index contributed by atoms with van der Waals surface area (Å²) in [4.78, 5) is 13.4. The maximum atomic E-state index is 11.8. The summed E-state index contributed by atoms with van der Waals surface area (Å²) in [5, 5.41) is 0. The van der Waals surface area contributed by atoms with Crippen LogP contribution in [-0.2, 0) is 4.79 Å². The van der Waals surface area contributed by atoms with E-state index in [1.807, 2.05) is 38.1 Å². The van der Waals surface area contributed by atoms with Gasteiger partial charge in [0.05, 0.1) is 6.61 Å². The predicted molar refractivity (Wildman–Crippen MR) is 69.3 cm³/mol. The molecule has 0 bridgehead atoms. The minimum Gasteiger partial charge on any atom is -0.494 e. The van der Waals surface area contributed by atoms with E-state index in [4.69, 9.17) is 10.5 Å². The number of carbonyl (C=O) groups excluding carboxylic acids is 1. The molecule has 0 saturated carbocycles. The van der Waals surface area contributed by atoms with Crippen LogP contribution in [0.25, 0.3) is 0 Å². The van der Waals surface area contributed by atoms with Crippen molar-refractivity contribution in [3.63, 3.8) is 0 Å². The van der Waals surface area contributed by atoms with Crippen LogP contribution in [-0.4, -0.2) is 25.6 Å². The quantitative estimate of drug-likeness (QED) is 0.848. The van der Waals surface area contributed by atoms with Crippen molar-refractivity contribution in [2.24, 2.45) is 5.73 Å². The Balaban J connectivity index is 2.68. The van der Waals surface area contributed by atoms with Gasteiger partial charge in [-0.05, 0) is 38.1 Å². The molecule has 17 heavy (non-hydrogen) atoms. The summed E-state index contributed by atoms with van der Waals surface area (Å²) in [5.74, 6) is 0.827. The van der Waals surface area contributed by atoms with E-state index in [9.17, 15) is 4.79 Å². The highest BCUT2D eigenvalue weighted by atomic mass is 16.5. The number of ether oxygens (including phenoxy) is 1. The van der Waals surface area contributed by atoms with Crippen molar-refractivity contribution in [3.8, 4) is 5.75 Å². The molecule has 0 aliphatic carbocycles. The largest absolute Gasteiger partial charge is 0.494 e. The van der Waals surface area contributed by atoms with Crippen molar-refractivity contribution in [2.75, 3.05) is 18.6 Å². The zero-order valence-corrected chi connectivity index (χ0v) is 10.6. The lowest BCUT2D eigenvalue weighted by atomic mass is 10.2. The van der Waals surface area contributed by atoms with E-state index in [-0.39, 0.29) is 11.9 Å². The average Bonchev–Trinajstić information content (AvgIpc) is 2.28. The van der Waals surface area contributed by atoms with Crippen LogP contribution in [0.15, 0.2) is 24.3 Å². The van der Waals surface area contributed by atoms with Gasteiger partial charge in [-0.1, -0.05) is 0 Å². The van der Waals surface area contributed by atoms with Crippen LogP contribution in [0.4, 0.5) is 5.69 Å². The lowest BCUT2D eigenvalue weighted by molar-refractivity contribution is -0.118. The van der Waals surface area contributed by atoms with Gasteiger partial charge in [-0.2, -0.15) is 0 Å². The first-order valence-electron chi connectivity index (χ1n) is 5.79. The van der Waals surface area contributed by atoms with Gasteiger partial charge in [0.15, 0.2) is 0 Å².